The zero-order valence-corrected chi connectivity index (χ0v) is 12.3. The van der Waals surface area contributed by atoms with Crippen molar-refractivity contribution in [2.45, 2.75) is 31.4 Å². The maximum atomic E-state index is 12.6. The summed E-state index contributed by atoms with van der Waals surface area (Å²) in [5.41, 5.74) is -0.426. The van der Waals surface area contributed by atoms with Crippen molar-refractivity contribution >= 4 is 17.9 Å². The van der Waals surface area contributed by atoms with Gasteiger partial charge in [-0.25, -0.2) is 9.59 Å². The van der Waals surface area contributed by atoms with Gasteiger partial charge in [0.15, 0.2) is 0 Å². The van der Waals surface area contributed by atoms with Crippen molar-refractivity contribution < 1.29 is 24.2 Å². The van der Waals surface area contributed by atoms with E-state index in [1.165, 1.54) is 0 Å². The van der Waals surface area contributed by atoms with Gasteiger partial charge in [0.1, 0.15) is 12.6 Å². The lowest BCUT2D eigenvalue weighted by atomic mass is 9.95. The molecule has 2 unspecified atom stereocenters. The summed E-state index contributed by atoms with van der Waals surface area (Å²) in [6.07, 6.45) is 1.63. The molecule has 2 fully saturated rings. The summed E-state index contributed by atoms with van der Waals surface area (Å²) in [7, 11) is 1.60. The molecule has 8 nitrogen and oxygen atoms in total. The zero-order valence-electron chi connectivity index (χ0n) is 12.3. The minimum absolute atomic E-state index is 0.0602. The fraction of sp³-hybridized carbons (Fsp3) is 0.769. The van der Waals surface area contributed by atoms with Gasteiger partial charge < -0.3 is 20.1 Å². The van der Waals surface area contributed by atoms with E-state index in [0.717, 1.165) is 17.7 Å². The van der Waals surface area contributed by atoms with Crippen LogP contribution >= 0.6 is 0 Å². The summed E-state index contributed by atoms with van der Waals surface area (Å²) in [6.45, 7) is 2.57. The van der Waals surface area contributed by atoms with Crippen LogP contribution in [0, 0.1) is 0 Å². The van der Waals surface area contributed by atoms with Gasteiger partial charge >= 0.3 is 12.0 Å². The molecule has 0 spiro atoms. The number of urea groups is 1. The highest BCUT2D eigenvalue weighted by atomic mass is 16.5. The molecule has 0 aromatic heterocycles. The fourth-order valence-corrected chi connectivity index (χ4v) is 2.78. The van der Waals surface area contributed by atoms with Gasteiger partial charge in [0, 0.05) is 20.2 Å². The minimum Gasteiger partial charge on any atom is -0.480 e. The Balaban J connectivity index is 2.12. The summed E-state index contributed by atoms with van der Waals surface area (Å²) < 4.78 is 5.43. The molecule has 2 N–H and O–H groups in total. The molecule has 2 atom stereocenters. The SMILES string of the molecule is COC1(C)CCCN(C(=O)N2CC(=O)NCC2C(=O)O)C1. The van der Waals surface area contributed by atoms with Crippen molar-refractivity contribution in [3.8, 4) is 0 Å². The number of amides is 3. The summed E-state index contributed by atoms with van der Waals surface area (Å²) >= 11 is 0. The Bertz CT molecular complexity index is 455. The second-order valence-corrected chi connectivity index (χ2v) is 5.75. The standard InChI is InChI=1S/C13H21N3O5/c1-13(21-2)4-3-5-15(8-13)12(20)16-7-10(17)14-6-9(16)11(18)19/h9H,3-8H2,1-2H3,(H,14,17)(H,18,19). The number of methoxy groups -OCH3 is 1. The summed E-state index contributed by atoms with van der Waals surface area (Å²) in [5.74, 6) is -1.46. The number of ether oxygens (including phenoxy) is 1. The van der Waals surface area contributed by atoms with Crippen LogP contribution in [0.3, 0.4) is 0 Å². The second kappa shape index (κ2) is 5.88. The molecule has 2 aliphatic rings. The Morgan fingerprint density at radius 2 is 2.19 bits per heavy atom. The number of carboxylic acid groups (broad SMARTS) is 1. The first-order valence-electron chi connectivity index (χ1n) is 6.96. The second-order valence-electron chi connectivity index (χ2n) is 5.75. The van der Waals surface area contributed by atoms with Gasteiger partial charge in [-0.15, -0.1) is 0 Å². The number of aliphatic carboxylic acids is 1. The van der Waals surface area contributed by atoms with E-state index < -0.39 is 23.6 Å². The van der Waals surface area contributed by atoms with Crippen molar-refractivity contribution in [3.05, 3.63) is 0 Å². The number of carbonyl (C=O) groups is 3. The number of hydrogen-bond donors (Lipinski definition) is 2. The molecular formula is C13H21N3O5. The first-order chi connectivity index (χ1) is 9.86. The molecular weight excluding hydrogens is 278 g/mol. The van der Waals surface area contributed by atoms with Crippen LogP contribution in [-0.2, 0) is 14.3 Å². The number of piperazine rings is 1. The van der Waals surface area contributed by atoms with Crippen LogP contribution in [0.4, 0.5) is 4.79 Å². The first-order valence-corrected chi connectivity index (χ1v) is 6.96. The Morgan fingerprint density at radius 3 is 2.81 bits per heavy atom. The summed E-state index contributed by atoms with van der Waals surface area (Å²) in [6, 6.07) is -1.44. The van der Waals surface area contributed by atoms with Crippen molar-refractivity contribution in [2.24, 2.45) is 0 Å². The van der Waals surface area contributed by atoms with Crippen LogP contribution in [-0.4, -0.2) is 77.7 Å². The van der Waals surface area contributed by atoms with Gasteiger partial charge in [-0.3, -0.25) is 9.69 Å². The van der Waals surface area contributed by atoms with Crippen molar-refractivity contribution in [1.82, 2.24) is 15.1 Å². The maximum absolute atomic E-state index is 12.6. The van der Waals surface area contributed by atoms with Gasteiger partial charge in [-0.1, -0.05) is 0 Å². The normalized spacial score (nSPS) is 30.0. The van der Waals surface area contributed by atoms with Gasteiger partial charge in [0.25, 0.3) is 0 Å². The monoisotopic (exact) mass is 299 g/mol. The lowest BCUT2D eigenvalue weighted by molar-refractivity contribution is -0.144. The molecule has 0 aliphatic carbocycles. The highest BCUT2D eigenvalue weighted by molar-refractivity contribution is 5.90. The molecule has 2 rings (SSSR count). The molecule has 118 valence electrons. The Hall–Kier alpha value is -1.83. The van der Waals surface area contributed by atoms with E-state index in [9.17, 15) is 19.5 Å². The van der Waals surface area contributed by atoms with E-state index in [4.69, 9.17) is 4.74 Å². The third-order valence-corrected chi connectivity index (χ3v) is 4.14. The Morgan fingerprint density at radius 1 is 1.48 bits per heavy atom. The fourth-order valence-electron chi connectivity index (χ4n) is 2.78. The quantitative estimate of drug-likeness (QED) is 0.715. The van der Waals surface area contributed by atoms with Crippen molar-refractivity contribution in [3.63, 3.8) is 0 Å². The summed E-state index contributed by atoms with van der Waals surface area (Å²) in [5, 5.41) is 11.7. The smallest absolute Gasteiger partial charge is 0.328 e. The van der Waals surface area contributed by atoms with Crippen LogP contribution in [0.1, 0.15) is 19.8 Å². The minimum atomic E-state index is -1.12. The van der Waals surface area contributed by atoms with Gasteiger partial charge in [0.05, 0.1) is 12.1 Å². The first kappa shape index (κ1) is 15.6. The van der Waals surface area contributed by atoms with E-state index in [1.807, 2.05) is 6.92 Å². The molecule has 0 aromatic carbocycles. The summed E-state index contributed by atoms with van der Waals surface area (Å²) in [4.78, 5) is 38.0. The number of carboxylic acids is 1. The highest BCUT2D eigenvalue weighted by Crippen LogP contribution is 2.25. The molecule has 3 amide bonds. The molecule has 2 heterocycles. The topological polar surface area (TPSA) is 99.2 Å². The molecule has 2 saturated heterocycles. The number of piperidine rings is 1. The average Bonchev–Trinajstić information content (AvgIpc) is 2.46. The van der Waals surface area contributed by atoms with Crippen LogP contribution in [0.15, 0.2) is 0 Å². The van der Waals surface area contributed by atoms with E-state index in [-0.39, 0.29) is 19.0 Å². The van der Waals surface area contributed by atoms with Gasteiger partial charge in [0.2, 0.25) is 5.91 Å². The zero-order chi connectivity index (χ0) is 15.6. The largest absolute Gasteiger partial charge is 0.480 e. The molecule has 0 radical (unpaired) electrons. The van der Waals surface area contributed by atoms with Crippen molar-refractivity contribution in [1.29, 1.82) is 0 Å². The van der Waals surface area contributed by atoms with Crippen LogP contribution < -0.4 is 5.32 Å². The van der Waals surface area contributed by atoms with Crippen LogP contribution in [0.5, 0.6) is 0 Å². The van der Waals surface area contributed by atoms with Gasteiger partial charge in [-0.05, 0) is 19.8 Å². The molecule has 21 heavy (non-hydrogen) atoms. The third kappa shape index (κ3) is 3.26. The van der Waals surface area contributed by atoms with E-state index in [1.54, 1.807) is 12.0 Å². The third-order valence-electron chi connectivity index (χ3n) is 4.14. The van der Waals surface area contributed by atoms with Crippen LogP contribution in [0.2, 0.25) is 0 Å². The van der Waals surface area contributed by atoms with Crippen molar-refractivity contribution in [2.75, 3.05) is 33.3 Å². The Labute approximate surface area is 123 Å². The van der Waals surface area contributed by atoms with E-state index in [0.29, 0.717) is 13.1 Å². The number of rotatable bonds is 2. The predicted molar refractivity (Wildman–Crippen MR) is 72.8 cm³/mol. The number of hydrogen-bond acceptors (Lipinski definition) is 4. The molecule has 8 heteroatoms. The molecule has 0 saturated carbocycles. The molecule has 2 aliphatic heterocycles. The number of nitrogens with one attached hydrogen (secondary N) is 1. The maximum Gasteiger partial charge on any atom is 0.328 e. The molecule has 0 aromatic rings. The van der Waals surface area contributed by atoms with Crippen LogP contribution in [0.25, 0.3) is 0 Å². The highest BCUT2D eigenvalue weighted by Gasteiger charge is 2.40. The average molecular weight is 299 g/mol. The predicted octanol–water partition coefficient (Wildman–Crippen LogP) is -0.508. The number of carbonyl (C=O) groups excluding carboxylic acids is 2. The van der Waals surface area contributed by atoms with E-state index >= 15 is 0 Å². The number of nitrogens with zero attached hydrogens (tertiary/aromatic N) is 2. The lowest BCUT2D eigenvalue weighted by Gasteiger charge is -2.43. The van der Waals surface area contributed by atoms with E-state index in [2.05, 4.69) is 5.32 Å². The van der Waals surface area contributed by atoms with Gasteiger partial charge in [-0.2, -0.15) is 0 Å². The molecule has 0 bridgehead atoms. The number of likely N-dealkylation sites (tertiary alicyclic amines) is 1. The lowest BCUT2D eigenvalue weighted by Crippen LogP contribution is -2.63. The Kier molecular flexibility index (Phi) is 4.36.